The molecule has 4 aliphatic rings. The van der Waals surface area contributed by atoms with Gasteiger partial charge in [-0.3, -0.25) is 10.1 Å². The van der Waals surface area contributed by atoms with Crippen LogP contribution in [0.25, 0.3) is 0 Å². The minimum atomic E-state index is -0.304. The van der Waals surface area contributed by atoms with Gasteiger partial charge in [-0.1, -0.05) is 44.2 Å². The molecule has 5 nitrogen and oxygen atoms in total. The number of nitrogens with one attached hydrogen (secondary N) is 2. The molecule has 0 aromatic heterocycles. The maximum Gasteiger partial charge on any atom is 0.322 e. The molecule has 1 aromatic rings. The molecule has 0 aliphatic heterocycles. The minimum absolute atomic E-state index is 0.0622. The van der Waals surface area contributed by atoms with E-state index in [1.165, 1.54) is 24.8 Å². The first-order valence-electron chi connectivity index (χ1n) is 10.9. The van der Waals surface area contributed by atoms with Crippen LogP contribution in [-0.2, 0) is 4.79 Å². The lowest BCUT2D eigenvalue weighted by Crippen LogP contribution is -2.88. The fourth-order valence-electron chi connectivity index (χ4n) is 6.42. The normalized spacial score (nSPS) is 31.6. The van der Waals surface area contributed by atoms with Gasteiger partial charge in [0.05, 0.1) is 0 Å². The summed E-state index contributed by atoms with van der Waals surface area (Å²) >= 11 is 0. The Morgan fingerprint density at radius 3 is 2.14 bits per heavy atom. The molecule has 1 aromatic carbocycles. The van der Waals surface area contributed by atoms with E-state index in [0.29, 0.717) is 5.92 Å². The molecule has 5 rings (SSSR count). The fraction of sp³-hybridized carbons (Fsp3) is 0.652. The number of quaternary nitrogens is 1. The number of rotatable bonds is 6. The summed E-state index contributed by atoms with van der Waals surface area (Å²) in [6.07, 6.45) is 7.30. The lowest BCUT2D eigenvalue weighted by molar-refractivity contribution is -0.692. The molecule has 3 amide bonds. The summed E-state index contributed by atoms with van der Waals surface area (Å²) in [5.41, 5.74) is 1.15. The molecule has 4 bridgehead atoms. The third-order valence-corrected chi connectivity index (χ3v) is 7.13. The van der Waals surface area contributed by atoms with Gasteiger partial charge in [0.25, 0.3) is 5.91 Å². The quantitative estimate of drug-likeness (QED) is 0.705. The van der Waals surface area contributed by atoms with Gasteiger partial charge in [0.2, 0.25) is 0 Å². The molecule has 4 fully saturated rings. The molecule has 4 N–H and O–H groups in total. The summed E-state index contributed by atoms with van der Waals surface area (Å²) in [7, 11) is 0. The highest BCUT2D eigenvalue weighted by molar-refractivity contribution is 5.95. The molecule has 4 saturated carbocycles. The molecular weight excluding hydrogens is 350 g/mol. The van der Waals surface area contributed by atoms with Crippen molar-refractivity contribution in [3.05, 3.63) is 35.9 Å². The van der Waals surface area contributed by atoms with Crippen molar-refractivity contribution in [3.8, 4) is 0 Å². The number of carbonyl (C=O) groups excluding carboxylic acids is 2. The van der Waals surface area contributed by atoms with Crippen LogP contribution in [0.4, 0.5) is 4.79 Å². The lowest BCUT2D eigenvalue weighted by atomic mass is 9.53. The monoisotopic (exact) mass is 384 g/mol. The Bertz CT molecular complexity index is 681. The standard InChI is InChI=1S/C23H33N3O2/c1-15(2)21(19-6-4-3-5-7-19)24-14-20(27)25-22(28)26-23-11-16-8-17(12-23)10-18(9-16)13-23/h3-7,15-18,21,24H,8-14H2,1-2H3,(H2,25,26,27,28)/p+1/t16?,17?,18?,21-,23?/m0/s1. The number of imide groups is 1. The molecule has 0 spiro atoms. The Balaban J connectivity index is 1.28. The number of urea groups is 1. The predicted molar refractivity (Wildman–Crippen MR) is 108 cm³/mol. The number of hydrogen-bond acceptors (Lipinski definition) is 2. The Hall–Kier alpha value is -1.88. The molecule has 1 atom stereocenters. The summed E-state index contributed by atoms with van der Waals surface area (Å²) in [5.74, 6) is 2.50. The van der Waals surface area contributed by atoms with Crippen molar-refractivity contribution in [2.75, 3.05) is 6.54 Å². The smallest absolute Gasteiger partial charge is 0.322 e. The zero-order chi connectivity index (χ0) is 19.7. The zero-order valence-corrected chi connectivity index (χ0v) is 17.1. The van der Waals surface area contributed by atoms with Crippen molar-refractivity contribution in [2.45, 2.75) is 64.0 Å². The van der Waals surface area contributed by atoms with Crippen molar-refractivity contribution in [1.29, 1.82) is 0 Å². The van der Waals surface area contributed by atoms with Gasteiger partial charge in [-0.05, 0) is 56.3 Å². The topological polar surface area (TPSA) is 74.8 Å². The van der Waals surface area contributed by atoms with Gasteiger partial charge in [-0.15, -0.1) is 0 Å². The number of nitrogens with two attached hydrogens (primary N) is 1. The van der Waals surface area contributed by atoms with E-state index in [0.717, 1.165) is 37.0 Å². The second-order valence-electron chi connectivity index (χ2n) is 9.82. The minimum Gasteiger partial charge on any atom is -0.332 e. The van der Waals surface area contributed by atoms with Gasteiger partial charge in [0.1, 0.15) is 6.04 Å². The van der Waals surface area contributed by atoms with Crippen LogP contribution in [0.15, 0.2) is 30.3 Å². The molecule has 0 radical (unpaired) electrons. The van der Waals surface area contributed by atoms with Crippen LogP contribution >= 0.6 is 0 Å². The van der Waals surface area contributed by atoms with E-state index < -0.39 is 0 Å². The SMILES string of the molecule is CC(C)[C@H]([NH2+]CC(=O)NC(=O)NC12CC3CC(CC(C3)C1)C2)c1ccccc1. The van der Waals surface area contributed by atoms with E-state index in [2.05, 4.69) is 36.6 Å². The van der Waals surface area contributed by atoms with Crippen molar-refractivity contribution in [3.63, 3.8) is 0 Å². The zero-order valence-electron chi connectivity index (χ0n) is 17.1. The van der Waals surface area contributed by atoms with Gasteiger partial charge < -0.3 is 10.6 Å². The van der Waals surface area contributed by atoms with Crippen LogP contribution in [0.2, 0.25) is 0 Å². The fourth-order valence-corrected chi connectivity index (χ4v) is 6.42. The summed E-state index contributed by atoms with van der Waals surface area (Å²) < 4.78 is 0. The Kier molecular flexibility index (Phi) is 5.46. The van der Waals surface area contributed by atoms with E-state index >= 15 is 0 Å². The van der Waals surface area contributed by atoms with Crippen molar-refractivity contribution < 1.29 is 14.9 Å². The van der Waals surface area contributed by atoms with E-state index in [1.54, 1.807) is 0 Å². The van der Waals surface area contributed by atoms with Gasteiger partial charge in [-0.25, -0.2) is 4.79 Å². The average Bonchev–Trinajstić information content (AvgIpc) is 2.60. The number of amides is 3. The van der Waals surface area contributed by atoms with Crippen LogP contribution in [0.5, 0.6) is 0 Å². The Morgan fingerprint density at radius 2 is 1.61 bits per heavy atom. The summed E-state index contributed by atoms with van der Waals surface area (Å²) in [5, 5.41) is 7.83. The number of hydrogen-bond donors (Lipinski definition) is 3. The summed E-state index contributed by atoms with van der Waals surface area (Å²) in [4.78, 5) is 24.9. The largest absolute Gasteiger partial charge is 0.332 e. The number of benzene rings is 1. The molecule has 28 heavy (non-hydrogen) atoms. The highest BCUT2D eigenvalue weighted by Gasteiger charge is 2.51. The Labute approximate surface area is 168 Å². The van der Waals surface area contributed by atoms with E-state index in [1.807, 2.05) is 23.5 Å². The maximum atomic E-state index is 12.5. The van der Waals surface area contributed by atoms with E-state index in [-0.39, 0.29) is 30.1 Å². The van der Waals surface area contributed by atoms with Gasteiger partial charge in [0.15, 0.2) is 6.54 Å². The first kappa shape index (κ1) is 19.4. The van der Waals surface area contributed by atoms with Crippen molar-refractivity contribution >= 4 is 11.9 Å². The molecule has 152 valence electrons. The van der Waals surface area contributed by atoms with Crippen LogP contribution in [0, 0.1) is 23.7 Å². The Morgan fingerprint density at radius 1 is 1.04 bits per heavy atom. The molecule has 5 heteroatoms. The van der Waals surface area contributed by atoms with Gasteiger partial charge in [0, 0.05) is 17.0 Å². The molecule has 0 saturated heterocycles. The highest BCUT2D eigenvalue weighted by atomic mass is 16.2. The molecule has 0 unspecified atom stereocenters. The van der Waals surface area contributed by atoms with E-state index in [4.69, 9.17) is 0 Å². The molecule has 0 heterocycles. The second-order valence-corrected chi connectivity index (χ2v) is 9.82. The van der Waals surface area contributed by atoms with Crippen LogP contribution < -0.4 is 16.0 Å². The molecule has 4 aliphatic carbocycles. The second kappa shape index (κ2) is 7.86. The highest BCUT2D eigenvalue weighted by Crippen LogP contribution is 2.55. The predicted octanol–water partition coefficient (Wildman–Crippen LogP) is 2.74. The van der Waals surface area contributed by atoms with Crippen LogP contribution in [0.1, 0.15) is 64.0 Å². The summed E-state index contributed by atoms with van der Waals surface area (Å²) in [6, 6.07) is 10.1. The first-order valence-corrected chi connectivity index (χ1v) is 10.9. The molecular formula is C23H34N3O2+. The van der Waals surface area contributed by atoms with Gasteiger partial charge >= 0.3 is 6.03 Å². The van der Waals surface area contributed by atoms with Crippen molar-refractivity contribution in [1.82, 2.24) is 10.6 Å². The van der Waals surface area contributed by atoms with Crippen LogP contribution in [0.3, 0.4) is 0 Å². The average molecular weight is 385 g/mol. The summed E-state index contributed by atoms with van der Waals surface area (Å²) in [6.45, 7) is 4.57. The number of carbonyl (C=O) groups is 2. The third-order valence-electron chi connectivity index (χ3n) is 7.13. The van der Waals surface area contributed by atoms with Crippen LogP contribution in [-0.4, -0.2) is 24.0 Å². The lowest BCUT2D eigenvalue weighted by Gasteiger charge is -2.56. The maximum absolute atomic E-state index is 12.5. The first-order chi connectivity index (χ1) is 13.4. The third kappa shape index (κ3) is 4.24. The van der Waals surface area contributed by atoms with Crippen molar-refractivity contribution in [2.24, 2.45) is 23.7 Å². The van der Waals surface area contributed by atoms with Gasteiger partial charge in [-0.2, -0.15) is 0 Å². The van der Waals surface area contributed by atoms with E-state index in [9.17, 15) is 9.59 Å².